The molecule has 0 atom stereocenters. The Labute approximate surface area is 83.7 Å². The molecule has 1 N–H and O–H groups in total. The highest BCUT2D eigenvalue weighted by Gasteiger charge is 2.08. The molecule has 5 heteroatoms. The largest absolute Gasteiger partial charge is 0.465 e. The molecule has 1 rings (SSSR count). The molecule has 1 aromatic rings. The summed E-state index contributed by atoms with van der Waals surface area (Å²) in [5.41, 5.74) is 0.795. The summed E-state index contributed by atoms with van der Waals surface area (Å²) in [7, 11) is 1.30. The quantitative estimate of drug-likeness (QED) is 0.627. The number of aromatic nitrogens is 1. The summed E-state index contributed by atoms with van der Waals surface area (Å²) >= 11 is 3.12. The van der Waals surface area contributed by atoms with E-state index in [1.165, 1.54) is 19.2 Å². The third kappa shape index (κ3) is 2.50. The highest BCUT2D eigenvalue weighted by molar-refractivity contribution is 9.10. The van der Waals surface area contributed by atoms with E-state index in [2.05, 4.69) is 25.7 Å². The second kappa shape index (κ2) is 4.34. The van der Waals surface area contributed by atoms with Crippen molar-refractivity contribution < 1.29 is 14.6 Å². The van der Waals surface area contributed by atoms with Gasteiger partial charge >= 0.3 is 5.97 Å². The van der Waals surface area contributed by atoms with E-state index in [0.717, 1.165) is 0 Å². The third-order valence-corrected chi connectivity index (χ3v) is 1.84. The van der Waals surface area contributed by atoms with Gasteiger partial charge in [0.2, 0.25) is 0 Å². The maximum atomic E-state index is 11.1. The molecule has 1 heterocycles. The molecule has 0 radical (unpaired) electrons. The van der Waals surface area contributed by atoms with E-state index in [9.17, 15) is 4.79 Å². The van der Waals surface area contributed by atoms with Crippen molar-refractivity contribution in [3.63, 3.8) is 0 Å². The van der Waals surface area contributed by atoms with Crippen LogP contribution in [0.3, 0.4) is 0 Å². The summed E-state index contributed by atoms with van der Waals surface area (Å²) in [6.45, 7) is -0.205. The van der Waals surface area contributed by atoms with Crippen molar-refractivity contribution in [3.05, 3.63) is 28.0 Å². The zero-order chi connectivity index (χ0) is 9.84. The van der Waals surface area contributed by atoms with Gasteiger partial charge in [-0.05, 0) is 28.1 Å². The summed E-state index contributed by atoms with van der Waals surface area (Å²) < 4.78 is 5.02. The Morgan fingerprint density at radius 2 is 2.38 bits per heavy atom. The lowest BCUT2D eigenvalue weighted by molar-refractivity contribution is 0.0600. The van der Waals surface area contributed by atoms with E-state index in [1.54, 1.807) is 0 Å². The van der Waals surface area contributed by atoms with Crippen LogP contribution in [-0.2, 0) is 11.3 Å². The van der Waals surface area contributed by atoms with Gasteiger partial charge in [-0.25, -0.2) is 9.78 Å². The van der Waals surface area contributed by atoms with Crippen molar-refractivity contribution in [2.45, 2.75) is 6.61 Å². The van der Waals surface area contributed by atoms with Crippen LogP contribution >= 0.6 is 15.9 Å². The van der Waals surface area contributed by atoms with Gasteiger partial charge in [0.1, 0.15) is 4.60 Å². The van der Waals surface area contributed by atoms with E-state index in [0.29, 0.717) is 15.9 Å². The number of methoxy groups -OCH3 is 1. The molecule has 1 aromatic heterocycles. The number of halogens is 1. The topological polar surface area (TPSA) is 59.4 Å². The number of esters is 1. The molecule has 0 saturated carbocycles. The maximum absolute atomic E-state index is 11.1. The van der Waals surface area contributed by atoms with Crippen LogP contribution in [0.1, 0.15) is 16.1 Å². The molecule has 0 saturated heterocycles. The number of hydrogen-bond donors (Lipinski definition) is 1. The maximum Gasteiger partial charge on any atom is 0.338 e. The van der Waals surface area contributed by atoms with Gasteiger partial charge in [-0.1, -0.05) is 0 Å². The Hall–Kier alpha value is -0.940. The minimum Gasteiger partial charge on any atom is -0.465 e. The highest BCUT2D eigenvalue weighted by Crippen LogP contribution is 2.12. The number of rotatable bonds is 2. The van der Waals surface area contributed by atoms with Crippen LogP contribution in [0.2, 0.25) is 0 Å². The molecular weight excluding hydrogens is 238 g/mol. The van der Waals surface area contributed by atoms with E-state index < -0.39 is 5.97 Å². The van der Waals surface area contributed by atoms with E-state index >= 15 is 0 Å². The number of aliphatic hydroxyl groups is 1. The summed E-state index contributed by atoms with van der Waals surface area (Å²) in [5.74, 6) is -0.446. The third-order valence-electron chi connectivity index (χ3n) is 1.43. The molecule has 0 amide bonds. The Bertz CT molecular complexity index is 327. The predicted octanol–water partition coefficient (Wildman–Crippen LogP) is 1.12. The Kier molecular flexibility index (Phi) is 3.39. The van der Waals surface area contributed by atoms with E-state index in [4.69, 9.17) is 5.11 Å². The summed E-state index contributed by atoms with van der Waals surface area (Å²) in [4.78, 5) is 15.0. The van der Waals surface area contributed by atoms with Crippen molar-refractivity contribution in [2.75, 3.05) is 7.11 Å². The minimum absolute atomic E-state index is 0.205. The Morgan fingerprint density at radius 1 is 1.69 bits per heavy atom. The Balaban J connectivity index is 3.08. The van der Waals surface area contributed by atoms with Gasteiger partial charge < -0.3 is 9.84 Å². The van der Waals surface area contributed by atoms with E-state index in [1.807, 2.05) is 0 Å². The number of pyridine rings is 1. The predicted molar refractivity (Wildman–Crippen MR) is 49.2 cm³/mol. The molecule has 13 heavy (non-hydrogen) atoms. The monoisotopic (exact) mass is 245 g/mol. The van der Waals surface area contributed by atoms with Gasteiger partial charge in [0.05, 0.1) is 25.0 Å². The smallest absolute Gasteiger partial charge is 0.338 e. The van der Waals surface area contributed by atoms with Gasteiger partial charge in [-0.15, -0.1) is 0 Å². The van der Waals surface area contributed by atoms with Crippen molar-refractivity contribution in [2.24, 2.45) is 0 Å². The first kappa shape index (κ1) is 10.1. The lowest BCUT2D eigenvalue weighted by Crippen LogP contribution is -2.03. The zero-order valence-corrected chi connectivity index (χ0v) is 8.54. The number of carbonyl (C=O) groups is 1. The van der Waals surface area contributed by atoms with Crippen LogP contribution in [0.5, 0.6) is 0 Å². The van der Waals surface area contributed by atoms with Crippen molar-refractivity contribution in [3.8, 4) is 0 Å². The molecule has 0 fully saturated rings. The van der Waals surface area contributed by atoms with Crippen LogP contribution in [0.25, 0.3) is 0 Å². The summed E-state index contributed by atoms with van der Waals surface area (Å²) in [6, 6.07) is 3.02. The molecule has 0 unspecified atom stereocenters. The minimum atomic E-state index is -0.446. The molecule has 0 spiro atoms. The van der Waals surface area contributed by atoms with Gasteiger partial charge in [-0.3, -0.25) is 0 Å². The zero-order valence-electron chi connectivity index (χ0n) is 6.95. The number of ether oxygens (including phenoxy) is 1. The van der Waals surface area contributed by atoms with Crippen LogP contribution in [0.4, 0.5) is 0 Å². The molecule has 0 bridgehead atoms. The van der Waals surface area contributed by atoms with Crippen molar-refractivity contribution in [1.82, 2.24) is 4.98 Å². The van der Waals surface area contributed by atoms with Crippen LogP contribution < -0.4 is 0 Å². The summed E-state index contributed by atoms with van der Waals surface area (Å²) in [5, 5.41) is 8.81. The fraction of sp³-hybridized carbons (Fsp3) is 0.250. The first-order valence-corrected chi connectivity index (χ1v) is 4.32. The van der Waals surface area contributed by atoms with Crippen LogP contribution in [-0.4, -0.2) is 23.2 Å². The fourth-order valence-electron chi connectivity index (χ4n) is 0.868. The van der Waals surface area contributed by atoms with Gasteiger partial charge in [0.15, 0.2) is 0 Å². The molecule has 0 aliphatic rings. The SMILES string of the molecule is COC(=O)c1cc(Br)nc(CO)c1. The second-order valence-corrected chi connectivity index (χ2v) is 3.13. The average molecular weight is 246 g/mol. The normalized spacial score (nSPS) is 9.77. The molecule has 0 aliphatic heterocycles. The number of aliphatic hydroxyl groups excluding tert-OH is 1. The number of nitrogens with zero attached hydrogens (tertiary/aromatic N) is 1. The lowest BCUT2D eigenvalue weighted by Gasteiger charge is -2.01. The molecule has 4 nitrogen and oxygen atoms in total. The second-order valence-electron chi connectivity index (χ2n) is 2.32. The van der Waals surface area contributed by atoms with Crippen molar-refractivity contribution >= 4 is 21.9 Å². The van der Waals surface area contributed by atoms with Crippen LogP contribution in [0.15, 0.2) is 16.7 Å². The standard InChI is InChI=1S/C8H8BrNO3/c1-13-8(12)5-2-6(4-11)10-7(9)3-5/h2-3,11H,4H2,1H3. The van der Waals surface area contributed by atoms with Crippen LogP contribution in [0, 0.1) is 0 Å². The Morgan fingerprint density at radius 3 is 2.92 bits per heavy atom. The van der Waals surface area contributed by atoms with Gasteiger partial charge in [0.25, 0.3) is 0 Å². The first-order valence-electron chi connectivity index (χ1n) is 3.53. The fourth-order valence-corrected chi connectivity index (χ4v) is 1.34. The first-order chi connectivity index (χ1) is 6.17. The van der Waals surface area contributed by atoms with E-state index in [-0.39, 0.29) is 6.61 Å². The molecule has 0 aliphatic carbocycles. The van der Waals surface area contributed by atoms with Gasteiger partial charge in [-0.2, -0.15) is 0 Å². The molecule has 70 valence electrons. The number of hydrogen-bond acceptors (Lipinski definition) is 4. The average Bonchev–Trinajstić information content (AvgIpc) is 2.15. The van der Waals surface area contributed by atoms with Gasteiger partial charge in [0, 0.05) is 0 Å². The molecule has 0 aromatic carbocycles. The molecular formula is C8H8BrNO3. The number of carbonyl (C=O) groups excluding carboxylic acids is 1. The van der Waals surface area contributed by atoms with Crippen molar-refractivity contribution in [1.29, 1.82) is 0 Å². The lowest BCUT2D eigenvalue weighted by atomic mass is 10.2. The summed E-state index contributed by atoms with van der Waals surface area (Å²) in [6.07, 6.45) is 0. The highest BCUT2D eigenvalue weighted by atomic mass is 79.9.